The van der Waals surface area contributed by atoms with Crippen LogP contribution in [0, 0.1) is 13.8 Å². The first-order valence-electron chi connectivity index (χ1n) is 9.61. The molecular weight excluding hydrogens is 362 g/mol. The Labute approximate surface area is 172 Å². The molecule has 0 radical (unpaired) electrons. The van der Waals surface area contributed by atoms with Crippen LogP contribution in [0.15, 0.2) is 78.9 Å². The first-order valence-corrected chi connectivity index (χ1v) is 10.8. The van der Waals surface area contributed by atoms with Gasteiger partial charge in [0, 0.05) is 18.8 Å². The quantitative estimate of drug-likeness (QED) is 0.488. The number of hydrogen-bond acceptors (Lipinski definition) is 2. The summed E-state index contributed by atoms with van der Waals surface area (Å²) < 4.78 is 0. The molecule has 3 rings (SSSR count). The lowest BCUT2D eigenvalue weighted by Crippen LogP contribution is -2.31. The van der Waals surface area contributed by atoms with Crippen LogP contribution < -0.4 is 0 Å². The molecule has 2 nitrogen and oxygen atoms in total. The molecule has 0 atom stereocenters. The Morgan fingerprint density at radius 1 is 0.750 bits per heavy atom. The Hall–Kier alpha value is -2.52. The van der Waals surface area contributed by atoms with Gasteiger partial charge in [-0.2, -0.15) is 0 Å². The van der Waals surface area contributed by atoms with Gasteiger partial charge in [-0.3, -0.25) is 4.79 Å². The predicted octanol–water partition coefficient (Wildman–Crippen LogP) is 5.77. The summed E-state index contributed by atoms with van der Waals surface area (Å²) in [6.45, 7) is 5.51. The molecule has 3 aromatic carbocycles. The fraction of sp³-hybridized carbons (Fsp3) is 0.240. The van der Waals surface area contributed by atoms with Gasteiger partial charge in [-0.25, -0.2) is 0 Å². The summed E-state index contributed by atoms with van der Waals surface area (Å²) in [6, 6.07) is 27.0. The Morgan fingerprint density at radius 3 is 1.75 bits per heavy atom. The highest BCUT2D eigenvalue weighted by Crippen LogP contribution is 2.18. The molecular formula is C25H27NOS. The Morgan fingerprint density at radius 2 is 1.25 bits per heavy atom. The zero-order valence-electron chi connectivity index (χ0n) is 16.6. The van der Waals surface area contributed by atoms with Crippen LogP contribution >= 0.6 is 11.8 Å². The number of nitrogens with zero attached hydrogens (tertiary/aromatic N) is 1. The van der Waals surface area contributed by atoms with Crippen molar-refractivity contribution in [3.63, 3.8) is 0 Å². The number of carbonyl (C=O) groups excluding carboxylic acids is 1. The van der Waals surface area contributed by atoms with Crippen molar-refractivity contribution in [1.82, 2.24) is 4.90 Å². The summed E-state index contributed by atoms with van der Waals surface area (Å²) in [5.74, 6) is 1.54. The van der Waals surface area contributed by atoms with E-state index in [9.17, 15) is 4.79 Å². The van der Waals surface area contributed by atoms with E-state index in [-0.39, 0.29) is 5.91 Å². The van der Waals surface area contributed by atoms with Crippen LogP contribution in [0.5, 0.6) is 0 Å². The van der Waals surface area contributed by atoms with Crippen LogP contribution in [-0.2, 0) is 23.6 Å². The second-order valence-corrected chi connectivity index (χ2v) is 8.20. The van der Waals surface area contributed by atoms with Crippen LogP contribution in [0.25, 0.3) is 0 Å². The standard InChI is InChI=1S/C25H27NOS/c1-20-13-21(2)15-24(14-20)18-28-19-25(27)26(16-22-9-5-3-6-10-22)17-23-11-7-4-8-12-23/h3-15H,16-19H2,1-2H3. The van der Waals surface area contributed by atoms with Gasteiger partial charge in [0.1, 0.15) is 0 Å². The third-order valence-corrected chi connectivity index (χ3v) is 5.55. The number of benzene rings is 3. The molecule has 0 aliphatic heterocycles. The first-order chi connectivity index (χ1) is 13.6. The summed E-state index contributed by atoms with van der Waals surface area (Å²) in [4.78, 5) is 14.9. The molecule has 0 aliphatic rings. The van der Waals surface area contributed by atoms with E-state index in [1.807, 2.05) is 41.3 Å². The highest BCUT2D eigenvalue weighted by molar-refractivity contribution is 7.99. The molecule has 3 aromatic rings. The summed E-state index contributed by atoms with van der Waals surface area (Å²) in [7, 11) is 0. The molecule has 0 saturated carbocycles. The van der Waals surface area contributed by atoms with Gasteiger partial charge in [0.15, 0.2) is 0 Å². The maximum Gasteiger partial charge on any atom is 0.233 e. The van der Waals surface area contributed by atoms with Gasteiger partial charge in [-0.1, -0.05) is 90.0 Å². The second kappa shape index (κ2) is 10.1. The highest BCUT2D eigenvalue weighted by Gasteiger charge is 2.15. The van der Waals surface area contributed by atoms with Gasteiger partial charge in [-0.15, -0.1) is 11.8 Å². The number of hydrogen-bond donors (Lipinski definition) is 0. The molecule has 3 heteroatoms. The molecule has 0 N–H and O–H groups in total. The minimum atomic E-state index is 0.182. The van der Waals surface area contributed by atoms with Gasteiger partial charge in [0.05, 0.1) is 5.75 Å². The zero-order valence-corrected chi connectivity index (χ0v) is 17.4. The topological polar surface area (TPSA) is 20.3 Å². The van der Waals surface area contributed by atoms with Crippen molar-refractivity contribution in [3.05, 3.63) is 107 Å². The lowest BCUT2D eigenvalue weighted by Gasteiger charge is -2.23. The van der Waals surface area contributed by atoms with E-state index in [1.165, 1.54) is 16.7 Å². The molecule has 1 amide bonds. The van der Waals surface area contributed by atoms with Crippen LogP contribution in [0.3, 0.4) is 0 Å². The molecule has 0 saturated heterocycles. The minimum Gasteiger partial charge on any atom is -0.333 e. The SMILES string of the molecule is Cc1cc(C)cc(CSCC(=O)N(Cc2ccccc2)Cc2ccccc2)c1. The lowest BCUT2D eigenvalue weighted by atomic mass is 10.1. The van der Waals surface area contributed by atoms with Gasteiger partial charge in [-0.05, 0) is 30.5 Å². The van der Waals surface area contributed by atoms with E-state index in [4.69, 9.17) is 0 Å². The fourth-order valence-corrected chi connectivity index (χ4v) is 4.20. The van der Waals surface area contributed by atoms with Gasteiger partial charge >= 0.3 is 0 Å². The molecule has 0 heterocycles. The van der Waals surface area contributed by atoms with E-state index in [0.29, 0.717) is 18.8 Å². The van der Waals surface area contributed by atoms with Gasteiger partial charge < -0.3 is 4.90 Å². The Kier molecular flexibility index (Phi) is 7.32. The highest BCUT2D eigenvalue weighted by atomic mass is 32.2. The summed E-state index contributed by atoms with van der Waals surface area (Å²) in [5, 5.41) is 0. The molecule has 0 aromatic heterocycles. The molecule has 0 spiro atoms. The molecule has 28 heavy (non-hydrogen) atoms. The first kappa shape index (κ1) is 20.2. The average Bonchev–Trinajstić information content (AvgIpc) is 2.68. The number of thioether (sulfide) groups is 1. The van der Waals surface area contributed by atoms with Gasteiger partial charge in [0.2, 0.25) is 5.91 Å². The molecule has 144 valence electrons. The van der Waals surface area contributed by atoms with Crippen LogP contribution in [0.1, 0.15) is 27.8 Å². The van der Waals surface area contributed by atoms with E-state index in [1.54, 1.807) is 11.8 Å². The summed E-state index contributed by atoms with van der Waals surface area (Å²) in [6.07, 6.45) is 0. The van der Waals surface area contributed by atoms with Crippen LogP contribution in [-0.4, -0.2) is 16.6 Å². The smallest absolute Gasteiger partial charge is 0.233 e. The van der Waals surface area contributed by atoms with E-state index in [2.05, 4.69) is 56.3 Å². The largest absolute Gasteiger partial charge is 0.333 e. The molecule has 0 fully saturated rings. The summed E-state index contributed by atoms with van der Waals surface area (Å²) in [5.41, 5.74) is 6.15. The third kappa shape index (κ3) is 6.28. The number of amides is 1. The average molecular weight is 390 g/mol. The maximum atomic E-state index is 13.0. The molecule has 0 bridgehead atoms. The van der Waals surface area contributed by atoms with Crippen LogP contribution in [0.2, 0.25) is 0 Å². The van der Waals surface area contributed by atoms with Crippen molar-refractivity contribution >= 4 is 17.7 Å². The van der Waals surface area contributed by atoms with E-state index >= 15 is 0 Å². The predicted molar refractivity (Wildman–Crippen MR) is 119 cm³/mol. The fourth-order valence-electron chi connectivity index (χ4n) is 3.34. The van der Waals surface area contributed by atoms with Crippen molar-refractivity contribution in [1.29, 1.82) is 0 Å². The lowest BCUT2D eigenvalue weighted by molar-refractivity contribution is -0.129. The van der Waals surface area contributed by atoms with Crippen molar-refractivity contribution in [2.45, 2.75) is 32.7 Å². The zero-order chi connectivity index (χ0) is 19.8. The van der Waals surface area contributed by atoms with Crippen molar-refractivity contribution in [2.24, 2.45) is 0 Å². The van der Waals surface area contributed by atoms with Crippen molar-refractivity contribution < 1.29 is 4.79 Å². The maximum absolute atomic E-state index is 13.0. The van der Waals surface area contributed by atoms with E-state index in [0.717, 1.165) is 16.9 Å². The monoisotopic (exact) mass is 389 g/mol. The Bertz CT molecular complexity index is 831. The third-order valence-electron chi connectivity index (χ3n) is 4.56. The molecule has 0 unspecified atom stereocenters. The minimum absolute atomic E-state index is 0.182. The van der Waals surface area contributed by atoms with Crippen molar-refractivity contribution in [3.8, 4) is 0 Å². The van der Waals surface area contributed by atoms with Crippen LogP contribution in [0.4, 0.5) is 0 Å². The second-order valence-electron chi connectivity index (χ2n) is 7.21. The van der Waals surface area contributed by atoms with Crippen molar-refractivity contribution in [2.75, 3.05) is 5.75 Å². The normalized spacial score (nSPS) is 10.6. The summed E-state index contributed by atoms with van der Waals surface area (Å²) >= 11 is 1.69. The number of carbonyl (C=O) groups is 1. The Balaban J connectivity index is 1.63. The number of rotatable bonds is 8. The molecule has 0 aliphatic carbocycles. The van der Waals surface area contributed by atoms with Gasteiger partial charge in [0.25, 0.3) is 0 Å². The van der Waals surface area contributed by atoms with E-state index < -0.39 is 0 Å². The number of aryl methyl sites for hydroxylation is 2.